The summed E-state index contributed by atoms with van der Waals surface area (Å²) in [4.78, 5) is 24.2. The van der Waals surface area contributed by atoms with Gasteiger partial charge < -0.3 is 14.0 Å². The summed E-state index contributed by atoms with van der Waals surface area (Å²) in [5, 5.41) is 1.000. The molecule has 1 fully saturated rings. The fourth-order valence-electron chi connectivity index (χ4n) is 4.14. The third kappa shape index (κ3) is 3.70. The van der Waals surface area contributed by atoms with Crippen molar-refractivity contribution in [3.05, 3.63) is 76.1 Å². The SMILES string of the molecule is CC(=O)C1(c2cccc(OCc3ccc4c(ccc(=O)n4C)c3)c2)CCOCC1. The van der Waals surface area contributed by atoms with Gasteiger partial charge in [-0.05, 0) is 66.6 Å². The Morgan fingerprint density at radius 3 is 2.66 bits per heavy atom. The van der Waals surface area contributed by atoms with Gasteiger partial charge in [-0.3, -0.25) is 9.59 Å². The molecule has 1 aromatic heterocycles. The minimum atomic E-state index is -0.481. The predicted octanol–water partition coefficient (Wildman–Crippen LogP) is 3.75. The van der Waals surface area contributed by atoms with Crippen LogP contribution in [0.2, 0.25) is 0 Å². The number of pyridine rings is 1. The first-order valence-corrected chi connectivity index (χ1v) is 9.90. The molecule has 1 aliphatic heterocycles. The number of ketones is 1. The molecule has 0 amide bonds. The Balaban J connectivity index is 1.56. The highest BCUT2D eigenvalue weighted by atomic mass is 16.5. The average Bonchev–Trinajstić information content (AvgIpc) is 2.75. The van der Waals surface area contributed by atoms with E-state index in [2.05, 4.69) is 0 Å². The summed E-state index contributed by atoms with van der Waals surface area (Å²) >= 11 is 0. The zero-order chi connectivity index (χ0) is 20.4. The van der Waals surface area contributed by atoms with Gasteiger partial charge in [0.25, 0.3) is 5.56 Å². The molecule has 1 aliphatic rings. The zero-order valence-corrected chi connectivity index (χ0v) is 16.8. The van der Waals surface area contributed by atoms with Crippen LogP contribution in [0, 0.1) is 0 Å². The molecule has 1 saturated heterocycles. The van der Waals surface area contributed by atoms with E-state index >= 15 is 0 Å². The van der Waals surface area contributed by atoms with Gasteiger partial charge in [0.05, 0.1) is 10.9 Å². The van der Waals surface area contributed by atoms with Crippen molar-refractivity contribution >= 4 is 16.7 Å². The quantitative estimate of drug-likeness (QED) is 0.665. The molecule has 4 rings (SSSR count). The Hall–Kier alpha value is -2.92. The summed E-state index contributed by atoms with van der Waals surface area (Å²) in [6.07, 6.45) is 1.41. The van der Waals surface area contributed by atoms with E-state index in [4.69, 9.17) is 9.47 Å². The highest BCUT2D eigenvalue weighted by molar-refractivity contribution is 5.88. The van der Waals surface area contributed by atoms with Crippen LogP contribution in [0.3, 0.4) is 0 Å². The van der Waals surface area contributed by atoms with Crippen molar-refractivity contribution < 1.29 is 14.3 Å². The van der Waals surface area contributed by atoms with Gasteiger partial charge in [-0.1, -0.05) is 18.2 Å². The van der Waals surface area contributed by atoms with Gasteiger partial charge in [0.1, 0.15) is 18.1 Å². The number of carbonyl (C=O) groups excluding carboxylic acids is 1. The second-order valence-electron chi connectivity index (χ2n) is 7.69. The number of ether oxygens (including phenoxy) is 2. The number of nitrogens with zero attached hydrogens (tertiary/aromatic N) is 1. The Kier molecular flexibility index (Phi) is 5.24. The van der Waals surface area contributed by atoms with E-state index in [0.29, 0.717) is 32.7 Å². The minimum absolute atomic E-state index is 0.0224. The number of fused-ring (bicyclic) bond motifs is 1. The number of rotatable bonds is 5. The number of aromatic nitrogens is 1. The number of Topliss-reactive ketones (excluding diaryl/α,β-unsaturated/α-hetero) is 1. The van der Waals surface area contributed by atoms with Crippen molar-refractivity contribution in [1.29, 1.82) is 0 Å². The summed E-state index contributed by atoms with van der Waals surface area (Å²) in [6, 6.07) is 17.2. The average molecular weight is 391 g/mol. The van der Waals surface area contributed by atoms with Crippen molar-refractivity contribution in [2.75, 3.05) is 13.2 Å². The molecule has 0 spiro atoms. The molecule has 0 unspecified atom stereocenters. The summed E-state index contributed by atoms with van der Waals surface area (Å²) in [5.41, 5.74) is 2.41. The minimum Gasteiger partial charge on any atom is -0.489 e. The van der Waals surface area contributed by atoms with E-state index in [9.17, 15) is 9.59 Å². The topological polar surface area (TPSA) is 57.5 Å². The maximum absolute atomic E-state index is 12.5. The van der Waals surface area contributed by atoms with Gasteiger partial charge >= 0.3 is 0 Å². The first-order chi connectivity index (χ1) is 14.0. The lowest BCUT2D eigenvalue weighted by Gasteiger charge is -2.35. The smallest absolute Gasteiger partial charge is 0.250 e. The van der Waals surface area contributed by atoms with Gasteiger partial charge in [-0.2, -0.15) is 0 Å². The molecule has 2 heterocycles. The van der Waals surface area contributed by atoms with Crippen molar-refractivity contribution in [2.45, 2.75) is 31.8 Å². The Morgan fingerprint density at radius 1 is 1.10 bits per heavy atom. The van der Waals surface area contributed by atoms with Crippen molar-refractivity contribution in [3.8, 4) is 5.75 Å². The van der Waals surface area contributed by atoms with Gasteiger partial charge in [0, 0.05) is 26.3 Å². The van der Waals surface area contributed by atoms with Crippen LogP contribution < -0.4 is 10.3 Å². The maximum Gasteiger partial charge on any atom is 0.250 e. The zero-order valence-electron chi connectivity index (χ0n) is 16.8. The standard InChI is InChI=1S/C24H25NO4/c1-17(26)24(10-12-28-13-11-24)20-4-3-5-21(15-20)29-16-18-6-8-22-19(14-18)7-9-23(27)25(22)2/h3-9,14-15H,10-13,16H2,1-2H3. The molecule has 5 heteroatoms. The highest BCUT2D eigenvalue weighted by Crippen LogP contribution is 2.37. The van der Waals surface area contributed by atoms with Crippen LogP contribution in [0.25, 0.3) is 10.9 Å². The molecule has 0 radical (unpaired) electrons. The fourth-order valence-corrected chi connectivity index (χ4v) is 4.14. The Bertz CT molecular complexity index is 1110. The summed E-state index contributed by atoms with van der Waals surface area (Å²) in [7, 11) is 1.77. The monoisotopic (exact) mass is 391 g/mol. The van der Waals surface area contributed by atoms with E-state index in [1.54, 1.807) is 24.6 Å². The van der Waals surface area contributed by atoms with Crippen molar-refractivity contribution in [1.82, 2.24) is 4.57 Å². The van der Waals surface area contributed by atoms with Gasteiger partial charge in [-0.25, -0.2) is 0 Å². The third-order valence-corrected chi connectivity index (χ3v) is 6.00. The van der Waals surface area contributed by atoms with E-state index < -0.39 is 5.41 Å². The number of hydrogen-bond acceptors (Lipinski definition) is 4. The lowest BCUT2D eigenvalue weighted by molar-refractivity contribution is -0.126. The molecule has 0 atom stereocenters. The lowest BCUT2D eigenvalue weighted by Crippen LogP contribution is -2.40. The number of carbonyl (C=O) groups is 1. The molecule has 2 aromatic carbocycles. The van der Waals surface area contributed by atoms with Gasteiger partial charge in [0.15, 0.2) is 0 Å². The molecule has 3 aromatic rings. The number of benzene rings is 2. The number of hydrogen-bond donors (Lipinski definition) is 0. The predicted molar refractivity (Wildman–Crippen MR) is 112 cm³/mol. The molecule has 0 saturated carbocycles. The van der Waals surface area contributed by atoms with Crippen LogP contribution >= 0.6 is 0 Å². The second kappa shape index (κ2) is 7.84. The first-order valence-electron chi connectivity index (χ1n) is 9.90. The highest BCUT2D eigenvalue weighted by Gasteiger charge is 2.39. The molecule has 29 heavy (non-hydrogen) atoms. The molecule has 0 N–H and O–H groups in total. The van der Waals surface area contributed by atoms with Crippen molar-refractivity contribution in [3.63, 3.8) is 0 Å². The van der Waals surface area contributed by atoms with Crippen LogP contribution in [0.5, 0.6) is 5.75 Å². The largest absolute Gasteiger partial charge is 0.489 e. The second-order valence-corrected chi connectivity index (χ2v) is 7.69. The van der Waals surface area contributed by atoms with Gasteiger partial charge in [-0.15, -0.1) is 0 Å². The van der Waals surface area contributed by atoms with E-state index in [1.807, 2.05) is 48.5 Å². The third-order valence-electron chi connectivity index (χ3n) is 6.00. The Labute approximate surface area is 169 Å². The maximum atomic E-state index is 12.5. The summed E-state index contributed by atoms with van der Waals surface area (Å²) in [6.45, 7) is 3.29. The number of aryl methyl sites for hydroxylation is 1. The molecule has 0 aliphatic carbocycles. The fraction of sp³-hybridized carbons (Fsp3) is 0.333. The van der Waals surface area contributed by atoms with Crippen LogP contribution in [-0.2, 0) is 28.6 Å². The summed E-state index contributed by atoms with van der Waals surface area (Å²) < 4.78 is 13.2. The van der Waals surface area contributed by atoms with Crippen LogP contribution in [-0.4, -0.2) is 23.6 Å². The van der Waals surface area contributed by atoms with Crippen molar-refractivity contribution in [2.24, 2.45) is 7.05 Å². The molecular weight excluding hydrogens is 366 g/mol. The summed E-state index contributed by atoms with van der Waals surface area (Å²) in [5.74, 6) is 0.924. The van der Waals surface area contributed by atoms with E-state index in [-0.39, 0.29) is 11.3 Å². The molecule has 0 bridgehead atoms. The lowest BCUT2D eigenvalue weighted by atomic mass is 9.71. The van der Waals surface area contributed by atoms with E-state index in [1.165, 1.54) is 0 Å². The molecule has 5 nitrogen and oxygen atoms in total. The van der Waals surface area contributed by atoms with Crippen LogP contribution in [0.15, 0.2) is 59.4 Å². The molecule has 150 valence electrons. The molecular formula is C24H25NO4. The van der Waals surface area contributed by atoms with Crippen LogP contribution in [0.4, 0.5) is 0 Å². The normalized spacial score (nSPS) is 15.9. The Morgan fingerprint density at radius 2 is 1.90 bits per heavy atom. The van der Waals surface area contributed by atoms with E-state index in [0.717, 1.165) is 27.8 Å². The van der Waals surface area contributed by atoms with Crippen LogP contribution in [0.1, 0.15) is 30.9 Å². The van der Waals surface area contributed by atoms with Gasteiger partial charge in [0.2, 0.25) is 0 Å². The first kappa shape index (κ1) is 19.4.